The van der Waals surface area contributed by atoms with Gasteiger partial charge in [0.05, 0.1) is 0 Å². The van der Waals surface area contributed by atoms with E-state index in [4.69, 9.17) is 0 Å². The van der Waals surface area contributed by atoms with E-state index in [2.05, 4.69) is 141 Å². The number of piperazine rings is 4. The fourth-order valence-corrected chi connectivity index (χ4v) is 9.88. The number of carbonyl (C=O) groups is 3. The van der Waals surface area contributed by atoms with E-state index in [1.165, 1.54) is 39.4 Å². The van der Waals surface area contributed by atoms with Gasteiger partial charge < -0.3 is 43.9 Å². The maximum absolute atomic E-state index is 13.3. The number of hydrogen-bond donors (Lipinski definition) is 1. The van der Waals surface area contributed by atoms with Crippen molar-refractivity contribution in [3.8, 4) is 0 Å². The third-order valence-electron chi connectivity index (χ3n) is 13.8. The number of nitrogens with zero attached hydrogens (tertiary/aromatic N) is 9. The largest absolute Gasteiger partial charge is 0.369 e. The topological polar surface area (TPSA) is 95.8 Å². The van der Waals surface area contributed by atoms with Crippen molar-refractivity contribution in [3.05, 3.63) is 167 Å². The van der Waals surface area contributed by atoms with Crippen LogP contribution in [-0.2, 0) is 20.6 Å². The van der Waals surface area contributed by atoms with Crippen LogP contribution in [0.2, 0.25) is 0 Å². The average molecular weight is 931 g/mol. The summed E-state index contributed by atoms with van der Waals surface area (Å²) in [5.41, 5.74) is 11.0. The Labute approximate surface area is 409 Å². The van der Waals surface area contributed by atoms with E-state index in [0.717, 1.165) is 110 Å². The first-order valence-corrected chi connectivity index (χ1v) is 24.6. The third kappa shape index (κ3) is 12.4. The molecule has 0 radical (unpaired) electrons. The molecule has 4 aromatic carbocycles. The van der Waals surface area contributed by atoms with E-state index < -0.39 is 0 Å². The number of amides is 2. The molecule has 0 saturated carbocycles. The van der Waals surface area contributed by atoms with Gasteiger partial charge in [-0.25, -0.2) is 0 Å². The van der Waals surface area contributed by atoms with Crippen LogP contribution in [0.1, 0.15) is 48.0 Å². The van der Waals surface area contributed by atoms with Crippen LogP contribution in [-0.4, -0.2) is 147 Å². The molecule has 0 unspecified atom stereocenters. The second-order valence-corrected chi connectivity index (χ2v) is 18.5. The summed E-state index contributed by atoms with van der Waals surface area (Å²) in [5, 5.41) is 3.36. The Bertz CT molecular complexity index is 2580. The highest BCUT2D eigenvalue weighted by Crippen LogP contribution is 2.24. The van der Waals surface area contributed by atoms with Crippen molar-refractivity contribution in [1.29, 1.82) is 0 Å². The standard InChI is InChI=1S/C28H35N5O.C17H19N3O2.C11H16N2/c1-23-8-6-7-11-26(23)32-14-12-30(13-15-32)22-24-20-27(29(2)21-24)28(34)33-18-16-31(17-19-33)25-9-4-3-5-10-25;1-18-12-14(13-21)11-16(18)17(22)20-9-7-19(8-10-20)15-5-3-2-4-6-15;1-10-4-2-3-5-11(10)13-8-6-12-7-9-13/h3-11,20-21H,12-19,22H2,1-2H3;2-6,11-13H,7-10H2,1H3;2-5,12H,6-9H2,1H3. The monoisotopic (exact) mass is 931 g/mol. The van der Waals surface area contributed by atoms with Crippen molar-refractivity contribution in [2.24, 2.45) is 14.1 Å². The van der Waals surface area contributed by atoms with Crippen molar-refractivity contribution >= 4 is 40.9 Å². The van der Waals surface area contributed by atoms with Gasteiger partial charge in [0.1, 0.15) is 11.4 Å². The molecule has 4 saturated heterocycles. The highest BCUT2D eigenvalue weighted by molar-refractivity contribution is 5.95. The van der Waals surface area contributed by atoms with Gasteiger partial charge in [0.2, 0.25) is 0 Å². The number of carbonyl (C=O) groups excluding carboxylic acids is 3. The summed E-state index contributed by atoms with van der Waals surface area (Å²) >= 11 is 0. The van der Waals surface area contributed by atoms with Crippen LogP contribution >= 0.6 is 0 Å². The maximum Gasteiger partial charge on any atom is 0.270 e. The minimum Gasteiger partial charge on any atom is -0.369 e. The number of aldehydes is 1. The molecule has 0 bridgehead atoms. The summed E-state index contributed by atoms with van der Waals surface area (Å²) in [7, 11) is 3.79. The summed E-state index contributed by atoms with van der Waals surface area (Å²) in [6.45, 7) is 20.2. The zero-order valence-corrected chi connectivity index (χ0v) is 41.0. The van der Waals surface area contributed by atoms with Gasteiger partial charge in [-0.05, 0) is 79.1 Å². The first-order valence-electron chi connectivity index (χ1n) is 24.6. The summed E-state index contributed by atoms with van der Waals surface area (Å²) in [5.74, 6) is 0.133. The van der Waals surface area contributed by atoms with Crippen molar-refractivity contribution in [2.45, 2.75) is 20.4 Å². The lowest BCUT2D eigenvalue weighted by molar-refractivity contribution is 0.0729. The van der Waals surface area contributed by atoms with Gasteiger partial charge in [-0.15, -0.1) is 0 Å². The van der Waals surface area contributed by atoms with Crippen LogP contribution in [0.5, 0.6) is 0 Å². The molecule has 69 heavy (non-hydrogen) atoms. The Kier molecular flexibility index (Phi) is 16.5. The molecule has 13 nitrogen and oxygen atoms in total. The number of hydrogen-bond acceptors (Lipinski definition) is 9. The minimum atomic E-state index is -0.0108. The van der Waals surface area contributed by atoms with Crippen LogP contribution in [0.25, 0.3) is 0 Å². The molecule has 362 valence electrons. The first kappa shape index (κ1) is 48.6. The molecule has 4 aliphatic heterocycles. The van der Waals surface area contributed by atoms with E-state index in [9.17, 15) is 14.4 Å². The van der Waals surface area contributed by atoms with Crippen molar-refractivity contribution < 1.29 is 14.4 Å². The minimum absolute atomic E-state index is 0.0108. The third-order valence-corrected chi connectivity index (χ3v) is 13.8. The molecular formula is C56H70N10O3. The zero-order chi connectivity index (χ0) is 48.1. The molecule has 4 fully saturated rings. The summed E-state index contributed by atoms with van der Waals surface area (Å²) in [6, 6.07) is 41.7. The Morgan fingerprint density at radius 1 is 0.493 bits per heavy atom. The molecule has 6 heterocycles. The van der Waals surface area contributed by atoms with Gasteiger partial charge in [0, 0.05) is 166 Å². The summed E-state index contributed by atoms with van der Waals surface area (Å²) < 4.78 is 3.72. The quantitative estimate of drug-likeness (QED) is 0.157. The molecular weight excluding hydrogens is 861 g/mol. The maximum atomic E-state index is 13.3. The van der Waals surface area contributed by atoms with E-state index in [1.54, 1.807) is 23.9 Å². The van der Waals surface area contributed by atoms with Crippen LogP contribution in [0, 0.1) is 13.8 Å². The van der Waals surface area contributed by atoms with Gasteiger partial charge >= 0.3 is 0 Å². The Morgan fingerprint density at radius 3 is 1.38 bits per heavy atom. The number of nitrogens with one attached hydrogen (secondary N) is 1. The Hall–Kier alpha value is -6.83. The SMILES string of the molecule is Cc1ccccc1N1CCN(Cc2cc(C(=O)N3CCN(c4ccccc4)CC3)n(C)c2)CC1.Cc1ccccc1N1CCNCC1.Cn1cc(C=O)cc1C(=O)N1CCN(c2ccccc2)CC1. The smallest absolute Gasteiger partial charge is 0.270 e. The van der Waals surface area contributed by atoms with Crippen LogP contribution in [0.4, 0.5) is 22.7 Å². The van der Waals surface area contributed by atoms with Gasteiger partial charge in [-0.1, -0.05) is 72.8 Å². The van der Waals surface area contributed by atoms with Gasteiger partial charge in [0.15, 0.2) is 6.29 Å². The normalized spacial score (nSPS) is 16.6. The second-order valence-electron chi connectivity index (χ2n) is 18.5. The highest BCUT2D eigenvalue weighted by Gasteiger charge is 2.27. The molecule has 6 aromatic rings. The number of para-hydroxylation sites is 4. The lowest BCUT2D eigenvalue weighted by Crippen LogP contribution is -2.49. The average Bonchev–Trinajstić information content (AvgIpc) is 3.98. The predicted octanol–water partition coefficient (Wildman–Crippen LogP) is 6.82. The number of aryl methyl sites for hydroxylation is 4. The molecule has 1 N–H and O–H groups in total. The summed E-state index contributed by atoms with van der Waals surface area (Å²) in [4.78, 5) is 52.6. The van der Waals surface area contributed by atoms with Gasteiger partial charge in [-0.3, -0.25) is 19.3 Å². The fraction of sp³-hybridized carbons (Fsp3) is 0.375. The van der Waals surface area contributed by atoms with E-state index in [1.807, 2.05) is 45.7 Å². The number of aromatic nitrogens is 2. The van der Waals surface area contributed by atoms with E-state index in [-0.39, 0.29) is 11.8 Å². The molecule has 13 heteroatoms. The van der Waals surface area contributed by atoms with Crippen LogP contribution in [0.15, 0.2) is 134 Å². The van der Waals surface area contributed by atoms with Crippen molar-refractivity contribution in [2.75, 3.05) is 124 Å². The first-order chi connectivity index (χ1) is 33.6. The fourth-order valence-electron chi connectivity index (χ4n) is 9.88. The summed E-state index contributed by atoms with van der Waals surface area (Å²) in [6.07, 6.45) is 4.58. The molecule has 0 spiro atoms. The van der Waals surface area contributed by atoms with E-state index >= 15 is 0 Å². The predicted molar refractivity (Wildman–Crippen MR) is 280 cm³/mol. The molecule has 4 aliphatic rings. The molecule has 0 aliphatic carbocycles. The van der Waals surface area contributed by atoms with Crippen LogP contribution in [0.3, 0.4) is 0 Å². The lowest BCUT2D eigenvalue weighted by Gasteiger charge is -2.36. The molecule has 2 amide bonds. The van der Waals surface area contributed by atoms with Crippen LogP contribution < -0.4 is 24.9 Å². The Balaban J connectivity index is 0.000000156. The number of rotatable bonds is 9. The number of anilines is 4. The second kappa shape index (κ2) is 23.5. The zero-order valence-electron chi connectivity index (χ0n) is 41.0. The van der Waals surface area contributed by atoms with Crippen molar-refractivity contribution in [1.82, 2.24) is 29.2 Å². The van der Waals surface area contributed by atoms with Gasteiger partial charge in [-0.2, -0.15) is 0 Å². The van der Waals surface area contributed by atoms with Crippen molar-refractivity contribution in [3.63, 3.8) is 0 Å². The number of benzene rings is 4. The lowest BCUT2D eigenvalue weighted by atomic mass is 10.1. The molecule has 10 rings (SSSR count). The van der Waals surface area contributed by atoms with Gasteiger partial charge in [0.25, 0.3) is 11.8 Å². The molecule has 2 aromatic heterocycles. The Morgan fingerprint density at radius 2 is 0.913 bits per heavy atom. The van der Waals surface area contributed by atoms with E-state index in [0.29, 0.717) is 24.3 Å². The molecule has 0 atom stereocenters. The highest BCUT2D eigenvalue weighted by atomic mass is 16.2.